The van der Waals surface area contributed by atoms with Crippen molar-refractivity contribution in [1.29, 1.82) is 0 Å². The molecule has 1 saturated heterocycles. The van der Waals surface area contributed by atoms with Crippen LogP contribution < -0.4 is 5.32 Å². The van der Waals surface area contributed by atoms with Crippen LogP contribution in [0.15, 0.2) is 16.8 Å². The van der Waals surface area contributed by atoms with Crippen LogP contribution >= 0.6 is 11.3 Å². The summed E-state index contributed by atoms with van der Waals surface area (Å²) >= 11 is 1.50. The number of ether oxygens (including phenoxy) is 1. The van der Waals surface area contributed by atoms with E-state index in [0.29, 0.717) is 19.7 Å². The van der Waals surface area contributed by atoms with Crippen molar-refractivity contribution in [3.63, 3.8) is 0 Å². The number of rotatable bonds is 3. The van der Waals surface area contributed by atoms with E-state index in [1.807, 2.05) is 16.8 Å². The van der Waals surface area contributed by atoms with E-state index in [4.69, 9.17) is 9.84 Å². The van der Waals surface area contributed by atoms with Crippen molar-refractivity contribution in [2.75, 3.05) is 25.0 Å². The monoisotopic (exact) mass is 270 g/mol. The van der Waals surface area contributed by atoms with Crippen molar-refractivity contribution in [3.8, 4) is 0 Å². The van der Waals surface area contributed by atoms with E-state index in [-0.39, 0.29) is 12.5 Å². The van der Waals surface area contributed by atoms with Gasteiger partial charge in [-0.2, -0.15) is 11.3 Å². The van der Waals surface area contributed by atoms with E-state index >= 15 is 0 Å². The highest BCUT2D eigenvalue weighted by molar-refractivity contribution is 7.08. The summed E-state index contributed by atoms with van der Waals surface area (Å²) in [5.74, 6) is -0.917. The Balaban J connectivity index is 1.88. The Hall–Kier alpha value is -1.60. The first-order valence-corrected chi connectivity index (χ1v) is 6.51. The summed E-state index contributed by atoms with van der Waals surface area (Å²) in [5, 5.41) is 15.2. The van der Waals surface area contributed by atoms with Gasteiger partial charge in [0.25, 0.3) is 0 Å². The molecule has 2 amide bonds. The standard InChI is InChI=1S/C11H14N2O4S/c14-10(15)5-9-6-13(2-3-17-9)11(16)12-8-1-4-18-7-8/h1,4,7,9H,2-3,5-6H2,(H,12,16)(H,14,15). The summed E-state index contributed by atoms with van der Waals surface area (Å²) in [6.07, 6.45) is -0.508. The third-order valence-corrected chi connectivity index (χ3v) is 3.28. The maximum absolute atomic E-state index is 11.9. The van der Waals surface area contributed by atoms with Crippen LogP contribution in [0.3, 0.4) is 0 Å². The third-order valence-electron chi connectivity index (χ3n) is 2.60. The Morgan fingerprint density at radius 3 is 3.11 bits per heavy atom. The Morgan fingerprint density at radius 2 is 2.44 bits per heavy atom. The van der Waals surface area contributed by atoms with Crippen molar-refractivity contribution in [3.05, 3.63) is 16.8 Å². The second-order valence-electron chi connectivity index (χ2n) is 3.98. The van der Waals surface area contributed by atoms with Gasteiger partial charge in [-0.25, -0.2) is 4.79 Å². The molecule has 18 heavy (non-hydrogen) atoms. The fourth-order valence-electron chi connectivity index (χ4n) is 1.76. The molecule has 7 heteroatoms. The van der Waals surface area contributed by atoms with Gasteiger partial charge in [0.05, 0.1) is 24.8 Å². The minimum absolute atomic E-state index is 0.0811. The molecule has 0 bridgehead atoms. The van der Waals surface area contributed by atoms with Crippen LogP contribution in [0.2, 0.25) is 0 Å². The number of urea groups is 1. The third kappa shape index (κ3) is 3.44. The van der Waals surface area contributed by atoms with Crippen LogP contribution in [-0.4, -0.2) is 47.8 Å². The van der Waals surface area contributed by atoms with Crippen LogP contribution in [0.5, 0.6) is 0 Å². The number of carbonyl (C=O) groups excluding carboxylic acids is 1. The molecule has 1 atom stereocenters. The quantitative estimate of drug-likeness (QED) is 0.871. The molecule has 2 N–H and O–H groups in total. The highest BCUT2D eigenvalue weighted by Gasteiger charge is 2.25. The molecular formula is C11H14N2O4S. The highest BCUT2D eigenvalue weighted by atomic mass is 32.1. The topological polar surface area (TPSA) is 78.9 Å². The number of carboxylic acid groups (broad SMARTS) is 1. The molecule has 6 nitrogen and oxygen atoms in total. The SMILES string of the molecule is O=C(O)CC1CN(C(=O)Nc2ccsc2)CCO1. The molecule has 1 aliphatic heterocycles. The molecule has 0 radical (unpaired) electrons. The first kappa shape index (κ1) is 12.8. The fourth-order valence-corrected chi connectivity index (χ4v) is 2.35. The molecule has 2 rings (SSSR count). The lowest BCUT2D eigenvalue weighted by molar-refractivity contribution is -0.141. The van der Waals surface area contributed by atoms with Crippen LogP contribution in [0.1, 0.15) is 6.42 Å². The molecule has 0 aromatic carbocycles. The molecule has 0 saturated carbocycles. The van der Waals surface area contributed by atoms with Gasteiger partial charge in [0, 0.05) is 18.5 Å². The minimum Gasteiger partial charge on any atom is -0.481 e. The van der Waals surface area contributed by atoms with E-state index in [1.165, 1.54) is 11.3 Å². The first-order chi connectivity index (χ1) is 8.65. The summed E-state index contributed by atoms with van der Waals surface area (Å²) < 4.78 is 5.30. The van der Waals surface area contributed by atoms with Gasteiger partial charge in [0.15, 0.2) is 0 Å². The molecule has 1 aromatic heterocycles. The predicted molar refractivity (Wildman–Crippen MR) is 66.9 cm³/mol. The summed E-state index contributed by atoms with van der Waals surface area (Å²) in [5.41, 5.74) is 0.756. The molecule has 98 valence electrons. The predicted octanol–water partition coefficient (Wildman–Crippen LogP) is 1.46. The van der Waals surface area contributed by atoms with Gasteiger partial charge in [0.2, 0.25) is 0 Å². The van der Waals surface area contributed by atoms with Gasteiger partial charge < -0.3 is 20.1 Å². The van der Waals surface area contributed by atoms with E-state index < -0.39 is 12.1 Å². The Kier molecular flexibility index (Phi) is 4.16. The Bertz CT molecular complexity index is 421. The maximum atomic E-state index is 11.9. The number of carboxylic acids is 1. The summed E-state index contributed by atoms with van der Waals surface area (Å²) in [6.45, 7) is 1.16. The number of nitrogens with one attached hydrogen (secondary N) is 1. The van der Waals surface area contributed by atoms with Gasteiger partial charge in [-0.1, -0.05) is 0 Å². The number of carbonyl (C=O) groups is 2. The Labute approximate surface area is 108 Å². The zero-order valence-corrected chi connectivity index (χ0v) is 10.5. The lowest BCUT2D eigenvalue weighted by Gasteiger charge is -2.32. The van der Waals surface area contributed by atoms with Gasteiger partial charge in [-0.15, -0.1) is 0 Å². The van der Waals surface area contributed by atoms with Crippen molar-refractivity contribution >= 4 is 29.0 Å². The van der Waals surface area contributed by atoms with Crippen molar-refractivity contribution < 1.29 is 19.4 Å². The number of aliphatic carboxylic acids is 1. The average molecular weight is 270 g/mol. The normalized spacial score (nSPS) is 19.6. The second kappa shape index (κ2) is 5.83. The zero-order valence-electron chi connectivity index (χ0n) is 9.67. The number of anilines is 1. The van der Waals surface area contributed by atoms with Crippen LogP contribution in [0.25, 0.3) is 0 Å². The lowest BCUT2D eigenvalue weighted by Crippen LogP contribution is -2.47. The summed E-state index contributed by atoms with van der Waals surface area (Å²) in [4.78, 5) is 24.1. The Morgan fingerprint density at radius 1 is 1.61 bits per heavy atom. The molecule has 2 heterocycles. The van der Waals surface area contributed by atoms with E-state index in [0.717, 1.165) is 5.69 Å². The second-order valence-corrected chi connectivity index (χ2v) is 4.76. The molecule has 1 fully saturated rings. The van der Waals surface area contributed by atoms with Gasteiger partial charge in [-0.05, 0) is 11.4 Å². The van der Waals surface area contributed by atoms with Gasteiger partial charge in [-0.3, -0.25) is 4.79 Å². The number of hydrogen-bond donors (Lipinski definition) is 2. The number of nitrogens with zero attached hydrogens (tertiary/aromatic N) is 1. The zero-order chi connectivity index (χ0) is 13.0. The fraction of sp³-hybridized carbons (Fsp3) is 0.455. The highest BCUT2D eigenvalue weighted by Crippen LogP contribution is 2.14. The molecule has 1 aliphatic rings. The summed E-state index contributed by atoms with van der Waals surface area (Å²) in [6, 6.07) is 1.60. The smallest absolute Gasteiger partial charge is 0.322 e. The number of thiophene rings is 1. The van der Waals surface area contributed by atoms with Crippen molar-refractivity contribution in [1.82, 2.24) is 4.90 Å². The van der Waals surface area contributed by atoms with Crippen LogP contribution in [0.4, 0.5) is 10.5 Å². The molecule has 1 aromatic rings. The first-order valence-electron chi connectivity index (χ1n) is 5.56. The molecule has 0 spiro atoms. The maximum Gasteiger partial charge on any atom is 0.322 e. The lowest BCUT2D eigenvalue weighted by atomic mass is 10.2. The molecule has 1 unspecified atom stereocenters. The number of amides is 2. The van der Waals surface area contributed by atoms with E-state index in [9.17, 15) is 9.59 Å². The minimum atomic E-state index is -0.917. The molecular weight excluding hydrogens is 256 g/mol. The van der Waals surface area contributed by atoms with E-state index in [1.54, 1.807) is 4.90 Å². The van der Waals surface area contributed by atoms with E-state index in [2.05, 4.69) is 5.32 Å². The van der Waals surface area contributed by atoms with Crippen molar-refractivity contribution in [2.24, 2.45) is 0 Å². The average Bonchev–Trinajstić information content (AvgIpc) is 2.81. The molecule has 0 aliphatic carbocycles. The largest absolute Gasteiger partial charge is 0.481 e. The van der Waals surface area contributed by atoms with Crippen LogP contribution in [0, 0.1) is 0 Å². The number of morpholine rings is 1. The summed E-state index contributed by atoms with van der Waals surface area (Å²) in [7, 11) is 0. The van der Waals surface area contributed by atoms with Crippen LogP contribution in [-0.2, 0) is 9.53 Å². The van der Waals surface area contributed by atoms with Gasteiger partial charge >= 0.3 is 12.0 Å². The van der Waals surface area contributed by atoms with Gasteiger partial charge in [0.1, 0.15) is 0 Å². The number of hydrogen-bond acceptors (Lipinski definition) is 4. The van der Waals surface area contributed by atoms with Crippen molar-refractivity contribution in [2.45, 2.75) is 12.5 Å².